The molecule has 4 N–H and O–H groups in total. The van der Waals surface area contributed by atoms with Crippen LogP contribution in [0.2, 0.25) is 0 Å². The van der Waals surface area contributed by atoms with Crippen LogP contribution in [0, 0.1) is 0 Å². The van der Waals surface area contributed by atoms with Gasteiger partial charge in [-0.3, -0.25) is 13.9 Å². The van der Waals surface area contributed by atoms with Crippen LogP contribution in [0.25, 0.3) is 22.7 Å². The minimum Gasteiger partial charge on any atom is -0.394 e. The molecule has 0 fully saturated rings. The number of aryl methyl sites for hydroxylation is 2. The van der Waals surface area contributed by atoms with E-state index < -0.39 is 36.2 Å². The van der Waals surface area contributed by atoms with Crippen molar-refractivity contribution < 1.29 is 20.4 Å². The Bertz CT molecular complexity index is 1180. The fraction of sp³-hybridized carbons (Fsp3) is 0.562. The second-order valence-electron chi connectivity index (χ2n) is 7.04. The zero-order valence-corrected chi connectivity index (χ0v) is 15.6. The number of imidazole rings is 1. The quantitative estimate of drug-likeness (QED) is 0.325. The Hall–Kier alpha value is -2.87. The summed E-state index contributed by atoms with van der Waals surface area (Å²) in [4.78, 5) is 29.3. The second-order valence-corrected chi connectivity index (χ2v) is 7.04. The van der Waals surface area contributed by atoms with Gasteiger partial charge < -0.3 is 25.0 Å². The highest BCUT2D eigenvalue weighted by atomic mass is 16.4. The highest BCUT2D eigenvalue weighted by Gasteiger charge is 2.27. The molecule has 3 aromatic heterocycles. The fourth-order valence-electron chi connectivity index (χ4n) is 3.53. The molecule has 0 aliphatic carbocycles. The number of aliphatic hydroxyl groups excluding tert-OH is 4. The molecule has 3 aromatic rings. The van der Waals surface area contributed by atoms with E-state index in [-0.39, 0.29) is 12.1 Å². The van der Waals surface area contributed by atoms with Crippen molar-refractivity contribution in [2.24, 2.45) is 7.05 Å². The summed E-state index contributed by atoms with van der Waals surface area (Å²) in [6, 6.07) is 0. The largest absolute Gasteiger partial charge is 0.394 e. The minimum absolute atomic E-state index is 0.165. The second kappa shape index (κ2) is 7.18. The van der Waals surface area contributed by atoms with Crippen LogP contribution in [0.15, 0.2) is 15.8 Å². The molecule has 0 radical (unpaired) electrons. The third-order valence-corrected chi connectivity index (χ3v) is 5.10. The molecular weight excluding hydrogens is 386 g/mol. The number of hydrogen-bond acceptors (Lipinski definition) is 9. The van der Waals surface area contributed by atoms with Crippen LogP contribution in [0.1, 0.15) is 6.42 Å². The van der Waals surface area contributed by atoms with Gasteiger partial charge in [0.25, 0.3) is 5.56 Å². The van der Waals surface area contributed by atoms with Gasteiger partial charge in [-0.25, -0.2) is 14.5 Å². The van der Waals surface area contributed by atoms with Crippen molar-refractivity contribution in [1.82, 2.24) is 33.7 Å². The summed E-state index contributed by atoms with van der Waals surface area (Å²) >= 11 is 0. The Morgan fingerprint density at radius 1 is 1.14 bits per heavy atom. The standard InChI is InChI=1S/C16H21N7O6/c1-20-15(28)11-14-22(3-2-4-23(14)16(20)29)13(17-11)8-5-21(19-18-8)6-9(25)12(27)10(26)7-24/h5,9-10,12,24-27H,2-4,6-7H2,1H3. The lowest BCUT2D eigenvalue weighted by Crippen LogP contribution is -2.41. The first-order valence-electron chi connectivity index (χ1n) is 9.09. The lowest BCUT2D eigenvalue weighted by Gasteiger charge is -2.21. The van der Waals surface area contributed by atoms with Crippen molar-refractivity contribution in [3.05, 3.63) is 27.0 Å². The van der Waals surface area contributed by atoms with Crippen LogP contribution in [-0.4, -0.2) is 79.0 Å². The van der Waals surface area contributed by atoms with Crippen molar-refractivity contribution in [2.45, 2.75) is 44.4 Å². The lowest BCUT2D eigenvalue weighted by molar-refractivity contribution is -0.0815. The maximum atomic E-state index is 12.5. The first-order chi connectivity index (χ1) is 13.8. The van der Waals surface area contributed by atoms with Crippen LogP contribution in [0.5, 0.6) is 0 Å². The summed E-state index contributed by atoms with van der Waals surface area (Å²) in [7, 11) is 1.41. The number of rotatable bonds is 6. The van der Waals surface area contributed by atoms with E-state index in [0.29, 0.717) is 36.7 Å². The molecule has 3 unspecified atom stereocenters. The molecule has 3 atom stereocenters. The smallest absolute Gasteiger partial charge is 0.332 e. The summed E-state index contributed by atoms with van der Waals surface area (Å²) in [6.45, 7) is 0.160. The molecule has 4 heterocycles. The first kappa shape index (κ1) is 19.4. The number of nitrogens with zero attached hydrogens (tertiary/aromatic N) is 7. The molecule has 4 rings (SSSR count). The Morgan fingerprint density at radius 2 is 1.86 bits per heavy atom. The Balaban J connectivity index is 1.72. The number of aliphatic hydroxyl groups is 4. The van der Waals surface area contributed by atoms with Gasteiger partial charge in [-0.2, -0.15) is 0 Å². The Kier molecular flexibility index (Phi) is 4.82. The Labute approximate surface area is 162 Å². The van der Waals surface area contributed by atoms with E-state index in [1.54, 1.807) is 4.57 Å². The molecule has 0 amide bonds. The summed E-state index contributed by atoms with van der Waals surface area (Å²) in [6.07, 6.45) is -2.26. The van der Waals surface area contributed by atoms with E-state index in [9.17, 15) is 24.9 Å². The van der Waals surface area contributed by atoms with Crippen molar-refractivity contribution in [2.75, 3.05) is 6.61 Å². The van der Waals surface area contributed by atoms with Crippen LogP contribution >= 0.6 is 0 Å². The van der Waals surface area contributed by atoms with Gasteiger partial charge in [0, 0.05) is 20.1 Å². The van der Waals surface area contributed by atoms with Gasteiger partial charge in [0.05, 0.1) is 19.3 Å². The normalized spacial score (nSPS) is 16.9. The molecule has 1 aliphatic rings. The van der Waals surface area contributed by atoms with Gasteiger partial charge in [0.1, 0.15) is 24.0 Å². The van der Waals surface area contributed by atoms with E-state index in [4.69, 9.17) is 5.11 Å². The van der Waals surface area contributed by atoms with Crippen molar-refractivity contribution in [3.63, 3.8) is 0 Å². The SMILES string of the molecule is Cn1c(=O)c2nc(-c3cn(CC(O)C(O)C(O)CO)nn3)n3c2n(c1=O)CCC3. The monoisotopic (exact) mass is 407 g/mol. The van der Waals surface area contributed by atoms with Crippen molar-refractivity contribution in [1.29, 1.82) is 0 Å². The number of hydrogen-bond donors (Lipinski definition) is 4. The molecule has 1 aliphatic heterocycles. The molecule has 13 nitrogen and oxygen atoms in total. The maximum absolute atomic E-state index is 12.5. The highest BCUT2D eigenvalue weighted by Crippen LogP contribution is 2.24. The summed E-state index contributed by atoms with van der Waals surface area (Å²) in [5.41, 5.74) is 0.0343. The zero-order chi connectivity index (χ0) is 20.9. The van der Waals surface area contributed by atoms with Gasteiger partial charge in [-0.1, -0.05) is 5.21 Å². The molecular formula is C16H21N7O6. The van der Waals surface area contributed by atoms with E-state index in [0.717, 1.165) is 4.57 Å². The first-order valence-corrected chi connectivity index (χ1v) is 9.09. The maximum Gasteiger partial charge on any atom is 0.332 e. The third-order valence-electron chi connectivity index (χ3n) is 5.10. The van der Waals surface area contributed by atoms with Crippen LogP contribution in [-0.2, 0) is 26.7 Å². The Morgan fingerprint density at radius 3 is 2.59 bits per heavy atom. The van der Waals surface area contributed by atoms with Crippen molar-refractivity contribution in [3.8, 4) is 11.5 Å². The minimum atomic E-state index is -1.56. The zero-order valence-electron chi connectivity index (χ0n) is 15.6. The summed E-state index contributed by atoms with van der Waals surface area (Å²) in [5.74, 6) is 0.368. The van der Waals surface area contributed by atoms with E-state index >= 15 is 0 Å². The average molecular weight is 407 g/mol. The van der Waals surface area contributed by atoms with E-state index in [1.165, 1.54) is 22.5 Å². The van der Waals surface area contributed by atoms with Gasteiger partial charge in [0.15, 0.2) is 17.0 Å². The fourth-order valence-corrected chi connectivity index (χ4v) is 3.53. The highest BCUT2D eigenvalue weighted by molar-refractivity contribution is 5.76. The molecule has 0 saturated carbocycles. The molecule has 13 heteroatoms. The average Bonchev–Trinajstić information content (AvgIpc) is 3.34. The predicted molar refractivity (Wildman–Crippen MR) is 98.0 cm³/mol. The van der Waals surface area contributed by atoms with Crippen LogP contribution in [0.3, 0.4) is 0 Å². The molecule has 156 valence electrons. The van der Waals surface area contributed by atoms with Gasteiger partial charge in [-0.05, 0) is 6.42 Å². The molecule has 0 bridgehead atoms. The number of aromatic nitrogens is 7. The van der Waals surface area contributed by atoms with Gasteiger partial charge >= 0.3 is 5.69 Å². The lowest BCUT2D eigenvalue weighted by atomic mass is 10.1. The topological polar surface area (TPSA) is 173 Å². The third kappa shape index (κ3) is 3.07. The molecule has 0 aromatic carbocycles. The van der Waals surface area contributed by atoms with Gasteiger partial charge in [-0.15, -0.1) is 5.10 Å². The molecule has 0 spiro atoms. The summed E-state index contributed by atoms with van der Waals surface area (Å²) < 4.78 is 5.54. The van der Waals surface area contributed by atoms with E-state index in [2.05, 4.69) is 15.3 Å². The van der Waals surface area contributed by atoms with E-state index in [1.807, 2.05) is 0 Å². The predicted octanol–water partition coefficient (Wildman–Crippen LogP) is -3.37. The van der Waals surface area contributed by atoms with Gasteiger partial charge in [0.2, 0.25) is 0 Å². The summed E-state index contributed by atoms with van der Waals surface area (Å²) in [5, 5.41) is 46.0. The molecule has 29 heavy (non-hydrogen) atoms. The molecule has 0 saturated heterocycles. The van der Waals surface area contributed by atoms with Crippen LogP contribution < -0.4 is 11.2 Å². The van der Waals surface area contributed by atoms with Crippen LogP contribution in [0.4, 0.5) is 0 Å². The van der Waals surface area contributed by atoms with Crippen molar-refractivity contribution >= 4 is 11.2 Å².